The molecule has 0 radical (unpaired) electrons. The van der Waals surface area contributed by atoms with Crippen LogP contribution in [0.2, 0.25) is 0 Å². The van der Waals surface area contributed by atoms with Gasteiger partial charge in [0.15, 0.2) is 0 Å². The molecule has 112 valence electrons. The van der Waals surface area contributed by atoms with Crippen molar-refractivity contribution in [1.82, 2.24) is 4.90 Å². The molecule has 1 aromatic rings. The van der Waals surface area contributed by atoms with E-state index in [0.29, 0.717) is 11.3 Å². The first-order valence-electron chi connectivity index (χ1n) is 7.92. The molecule has 1 aliphatic rings. The Morgan fingerprint density at radius 3 is 2.25 bits per heavy atom. The summed E-state index contributed by atoms with van der Waals surface area (Å²) in [5.74, 6) is 0.489. The predicted octanol–water partition coefficient (Wildman–Crippen LogP) is 4.83. The highest BCUT2D eigenvalue weighted by molar-refractivity contribution is 5.21. The summed E-state index contributed by atoms with van der Waals surface area (Å²) in [6.07, 6.45) is 5.01. The van der Waals surface area contributed by atoms with Crippen molar-refractivity contribution in [1.29, 1.82) is 0 Å². The van der Waals surface area contributed by atoms with E-state index in [2.05, 4.69) is 25.7 Å². The molecule has 1 saturated heterocycles. The molecule has 0 amide bonds. The van der Waals surface area contributed by atoms with Crippen molar-refractivity contribution in [2.45, 2.75) is 52.4 Å². The third-order valence-corrected chi connectivity index (χ3v) is 4.33. The summed E-state index contributed by atoms with van der Waals surface area (Å²) in [4.78, 5) is 2.59. The molecule has 0 aliphatic carbocycles. The van der Waals surface area contributed by atoms with Crippen LogP contribution in [-0.4, -0.2) is 24.5 Å². The van der Waals surface area contributed by atoms with Gasteiger partial charge >= 0.3 is 0 Å². The lowest BCUT2D eigenvalue weighted by Gasteiger charge is -2.32. The standard InChI is InChI=1S/C18H28FN/c1-18(2,3)11-4-12-20-13-9-16(10-14-20)15-5-7-17(19)8-6-15/h5-8,16H,4,9-14H2,1-3H3. The summed E-state index contributed by atoms with van der Waals surface area (Å²) in [5.41, 5.74) is 1.76. The smallest absolute Gasteiger partial charge is 0.123 e. The Hall–Kier alpha value is -0.890. The molecule has 2 rings (SSSR count). The largest absolute Gasteiger partial charge is 0.303 e. The zero-order chi connectivity index (χ0) is 14.6. The molecule has 0 aromatic heterocycles. The number of halogens is 1. The van der Waals surface area contributed by atoms with Gasteiger partial charge in [-0.1, -0.05) is 32.9 Å². The summed E-state index contributed by atoms with van der Waals surface area (Å²) in [7, 11) is 0. The van der Waals surface area contributed by atoms with Crippen molar-refractivity contribution in [3.05, 3.63) is 35.6 Å². The van der Waals surface area contributed by atoms with Crippen molar-refractivity contribution in [2.75, 3.05) is 19.6 Å². The summed E-state index contributed by atoms with van der Waals surface area (Å²) in [5, 5.41) is 0. The minimum atomic E-state index is -0.131. The second-order valence-corrected chi connectivity index (χ2v) is 7.33. The van der Waals surface area contributed by atoms with Crippen LogP contribution in [0.4, 0.5) is 4.39 Å². The van der Waals surface area contributed by atoms with Crippen LogP contribution in [-0.2, 0) is 0 Å². The van der Waals surface area contributed by atoms with Gasteiger partial charge in [-0.25, -0.2) is 4.39 Å². The number of piperidine rings is 1. The zero-order valence-corrected chi connectivity index (χ0v) is 13.2. The summed E-state index contributed by atoms with van der Waals surface area (Å²) in [6.45, 7) is 10.5. The fourth-order valence-corrected chi connectivity index (χ4v) is 3.06. The normalized spacial score (nSPS) is 18.4. The second kappa shape index (κ2) is 6.71. The predicted molar refractivity (Wildman–Crippen MR) is 83.5 cm³/mol. The Balaban J connectivity index is 1.74. The van der Waals surface area contributed by atoms with E-state index in [1.165, 1.54) is 50.9 Å². The van der Waals surface area contributed by atoms with E-state index in [-0.39, 0.29) is 5.82 Å². The van der Waals surface area contributed by atoms with E-state index < -0.39 is 0 Å². The average molecular weight is 277 g/mol. The molecule has 2 heteroatoms. The molecule has 0 saturated carbocycles. The maximum Gasteiger partial charge on any atom is 0.123 e. The van der Waals surface area contributed by atoms with Crippen molar-refractivity contribution in [3.8, 4) is 0 Å². The van der Waals surface area contributed by atoms with Gasteiger partial charge in [0.05, 0.1) is 0 Å². The fraction of sp³-hybridized carbons (Fsp3) is 0.667. The first kappa shape index (κ1) is 15.5. The van der Waals surface area contributed by atoms with Gasteiger partial charge < -0.3 is 4.90 Å². The van der Waals surface area contributed by atoms with E-state index >= 15 is 0 Å². The lowest BCUT2D eigenvalue weighted by Crippen LogP contribution is -2.34. The molecule has 0 atom stereocenters. The number of nitrogens with zero attached hydrogens (tertiary/aromatic N) is 1. The van der Waals surface area contributed by atoms with Crippen LogP contribution < -0.4 is 0 Å². The van der Waals surface area contributed by atoms with Gasteiger partial charge in [-0.15, -0.1) is 0 Å². The molecule has 1 aromatic carbocycles. The third-order valence-electron chi connectivity index (χ3n) is 4.33. The molecule has 0 spiro atoms. The Bertz CT molecular complexity index is 396. The molecule has 0 N–H and O–H groups in total. The Morgan fingerprint density at radius 2 is 1.70 bits per heavy atom. The number of hydrogen-bond donors (Lipinski definition) is 0. The Kier molecular flexibility index (Phi) is 5.20. The average Bonchev–Trinajstić information content (AvgIpc) is 2.39. The van der Waals surface area contributed by atoms with Gasteiger partial charge in [0, 0.05) is 0 Å². The highest BCUT2D eigenvalue weighted by Crippen LogP contribution is 2.28. The van der Waals surface area contributed by atoms with Crippen molar-refractivity contribution >= 4 is 0 Å². The first-order chi connectivity index (χ1) is 9.44. The zero-order valence-electron chi connectivity index (χ0n) is 13.2. The van der Waals surface area contributed by atoms with Gasteiger partial charge in [-0.05, 0) is 74.3 Å². The molecule has 0 unspecified atom stereocenters. The number of hydrogen-bond acceptors (Lipinski definition) is 1. The third kappa shape index (κ3) is 4.90. The molecule has 1 fully saturated rings. The van der Waals surface area contributed by atoms with Crippen molar-refractivity contribution in [2.24, 2.45) is 5.41 Å². The van der Waals surface area contributed by atoms with Crippen LogP contribution in [0.25, 0.3) is 0 Å². The maximum atomic E-state index is 12.9. The molecule has 0 bridgehead atoms. The van der Waals surface area contributed by atoms with Crippen LogP contribution in [0.15, 0.2) is 24.3 Å². The van der Waals surface area contributed by atoms with E-state index in [1.54, 1.807) is 12.1 Å². The van der Waals surface area contributed by atoms with Gasteiger partial charge in [-0.3, -0.25) is 0 Å². The summed E-state index contributed by atoms with van der Waals surface area (Å²) in [6, 6.07) is 7.08. The minimum Gasteiger partial charge on any atom is -0.303 e. The molecule has 1 nitrogen and oxygen atoms in total. The van der Waals surface area contributed by atoms with Crippen LogP contribution in [0.1, 0.15) is 57.9 Å². The van der Waals surface area contributed by atoms with E-state index in [4.69, 9.17) is 0 Å². The molecule has 1 aliphatic heterocycles. The van der Waals surface area contributed by atoms with Crippen LogP contribution in [0.3, 0.4) is 0 Å². The monoisotopic (exact) mass is 277 g/mol. The molecule has 1 heterocycles. The van der Waals surface area contributed by atoms with E-state index in [1.807, 2.05) is 12.1 Å². The molecular formula is C18H28FN. The summed E-state index contributed by atoms with van der Waals surface area (Å²) >= 11 is 0. The summed E-state index contributed by atoms with van der Waals surface area (Å²) < 4.78 is 12.9. The second-order valence-electron chi connectivity index (χ2n) is 7.33. The highest BCUT2D eigenvalue weighted by atomic mass is 19.1. The topological polar surface area (TPSA) is 3.24 Å². The van der Waals surface area contributed by atoms with Crippen molar-refractivity contribution in [3.63, 3.8) is 0 Å². The number of rotatable bonds is 4. The fourth-order valence-electron chi connectivity index (χ4n) is 3.06. The first-order valence-corrected chi connectivity index (χ1v) is 7.92. The van der Waals surface area contributed by atoms with Crippen LogP contribution >= 0.6 is 0 Å². The van der Waals surface area contributed by atoms with E-state index in [0.717, 1.165) is 0 Å². The van der Waals surface area contributed by atoms with Crippen molar-refractivity contribution < 1.29 is 4.39 Å². The quantitative estimate of drug-likeness (QED) is 0.762. The van der Waals surface area contributed by atoms with Crippen LogP contribution in [0, 0.1) is 11.2 Å². The highest BCUT2D eigenvalue weighted by Gasteiger charge is 2.20. The number of likely N-dealkylation sites (tertiary alicyclic amines) is 1. The maximum absolute atomic E-state index is 12.9. The Morgan fingerprint density at radius 1 is 1.10 bits per heavy atom. The van der Waals surface area contributed by atoms with Gasteiger partial charge in [0.1, 0.15) is 5.82 Å². The van der Waals surface area contributed by atoms with E-state index in [9.17, 15) is 4.39 Å². The lowest BCUT2D eigenvalue weighted by molar-refractivity contribution is 0.199. The number of benzene rings is 1. The minimum absolute atomic E-state index is 0.131. The van der Waals surface area contributed by atoms with Gasteiger partial charge in [-0.2, -0.15) is 0 Å². The lowest BCUT2D eigenvalue weighted by atomic mass is 9.88. The van der Waals surface area contributed by atoms with Crippen LogP contribution in [0.5, 0.6) is 0 Å². The Labute approximate surface area is 123 Å². The SMILES string of the molecule is CC(C)(C)CCCN1CCC(c2ccc(F)cc2)CC1. The molecular weight excluding hydrogens is 249 g/mol. The van der Waals surface area contributed by atoms with Gasteiger partial charge in [0.2, 0.25) is 0 Å². The molecule has 20 heavy (non-hydrogen) atoms. The van der Waals surface area contributed by atoms with Gasteiger partial charge in [0.25, 0.3) is 0 Å².